The average Bonchev–Trinajstić information content (AvgIpc) is 2.92. The molecule has 2 aliphatic carbocycles. The van der Waals surface area contributed by atoms with Crippen molar-refractivity contribution in [3.63, 3.8) is 0 Å². The van der Waals surface area contributed by atoms with Gasteiger partial charge in [0.1, 0.15) is 0 Å². The zero-order chi connectivity index (χ0) is 16.5. The molecule has 0 spiro atoms. The Balaban J connectivity index is 0.00000182. The van der Waals surface area contributed by atoms with Gasteiger partial charge in [-0.15, -0.1) is 6.54 Å². The van der Waals surface area contributed by atoms with Gasteiger partial charge in [0.15, 0.2) is 0 Å². The molecule has 1 atom stereocenters. The van der Waals surface area contributed by atoms with Crippen molar-refractivity contribution < 1.29 is 25.5 Å². The van der Waals surface area contributed by atoms with Gasteiger partial charge in [0.25, 0.3) is 0 Å². The third kappa shape index (κ3) is 3.47. The number of aliphatic hydroxyl groups is 1. The van der Waals surface area contributed by atoms with Gasteiger partial charge in [0.05, 0.1) is 6.10 Å². The molecule has 4 rings (SSSR count). The Labute approximate surface area is 162 Å². The Morgan fingerprint density at radius 1 is 1.12 bits per heavy atom. The van der Waals surface area contributed by atoms with Gasteiger partial charge in [-0.1, -0.05) is 60.7 Å². The van der Waals surface area contributed by atoms with Crippen LogP contribution >= 0.6 is 0 Å². The third-order valence-corrected chi connectivity index (χ3v) is 4.78. The number of hydrogen-bond donors (Lipinski definition) is 1. The van der Waals surface area contributed by atoms with E-state index in [1.165, 1.54) is 38.6 Å². The molecule has 1 radical (unpaired) electrons. The summed E-state index contributed by atoms with van der Waals surface area (Å²) >= 11 is 0. The number of benzene rings is 2. The number of allylic oxidation sites excluding steroid dienone is 4. The molecular weight excluding hydrogens is 480 g/mol. The fourth-order valence-corrected chi connectivity index (χ4v) is 3.64. The first kappa shape index (κ1) is 18.0. The van der Waals surface area contributed by atoms with E-state index in [0.29, 0.717) is 13.0 Å². The molecule has 1 unspecified atom stereocenters. The van der Waals surface area contributed by atoms with Crippen LogP contribution in [0.5, 0.6) is 0 Å². The van der Waals surface area contributed by atoms with Gasteiger partial charge in [-0.05, 0) is 51.1 Å². The van der Waals surface area contributed by atoms with Gasteiger partial charge < -0.3 is 10.8 Å². The van der Waals surface area contributed by atoms with E-state index in [1.807, 2.05) is 12.2 Å². The summed E-state index contributed by atoms with van der Waals surface area (Å²) in [4.78, 5) is 0. The number of nitrogens with one attached hydrogen (secondary N) is 1. The minimum absolute atomic E-state index is 0. The summed E-state index contributed by atoms with van der Waals surface area (Å²) in [6.07, 6.45) is 9.30. The number of aliphatic hydroxyl groups excluding tert-OH is 1. The number of fused-ring (bicyclic) bond motifs is 1. The van der Waals surface area contributed by atoms with Crippen LogP contribution < -0.4 is 0 Å². The molecule has 2 aromatic rings. The van der Waals surface area contributed by atoms with Crippen LogP contribution in [0, 0.1) is 0 Å². The molecule has 2 aromatic carbocycles. The molecule has 127 valence electrons. The summed E-state index contributed by atoms with van der Waals surface area (Å²) in [5, 5.41) is 12.5. The van der Waals surface area contributed by atoms with Crippen molar-refractivity contribution in [1.82, 2.24) is 0 Å². The summed E-state index contributed by atoms with van der Waals surface area (Å²) in [6.45, 7) is 0.389. The molecular formula is C22H20NORe-. The minimum atomic E-state index is -0.414. The largest absolute Gasteiger partial charge is 0.677 e. The van der Waals surface area contributed by atoms with Crippen molar-refractivity contribution in [2.24, 2.45) is 0 Å². The normalized spacial score (nSPS) is 20.6. The molecule has 0 saturated heterocycles. The molecule has 0 aromatic heterocycles. The minimum Gasteiger partial charge on any atom is -0.677 e. The van der Waals surface area contributed by atoms with Gasteiger partial charge in [0, 0.05) is 26.8 Å². The second-order valence-corrected chi connectivity index (χ2v) is 6.36. The van der Waals surface area contributed by atoms with Gasteiger partial charge in [-0.3, -0.25) is 0 Å². The molecule has 0 bridgehead atoms. The van der Waals surface area contributed by atoms with E-state index in [9.17, 15) is 5.11 Å². The van der Waals surface area contributed by atoms with Gasteiger partial charge in [0.2, 0.25) is 0 Å². The monoisotopic (exact) mass is 501 g/mol. The maximum absolute atomic E-state index is 10.0. The van der Waals surface area contributed by atoms with Crippen molar-refractivity contribution in [2.45, 2.75) is 18.9 Å². The molecule has 2 N–H and O–H groups in total. The fraction of sp³-hybridized carbons (Fsp3) is 0.182. The van der Waals surface area contributed by atoms with Crippen molar-refractivity contribution >= 4 is 16.8 Å². The maximum atomic E-state index is 10.0. The zero-order valence-electron chi connectivity index (χ0n) is 13.9. The molecule has 2 aliphatic rings. The SMILES string of the molecule is [NH-]CCC1=C/C(=C\c2cccc3ccccc23)C2=C1C=CC(O)C2.[Re]. The van der Waals surface area contributed by atoms with Crippen molar-refractivity contribution in [3.8, 4) is 0 Å². The van der Waals surface area contributed by atoms with Crippen LogP contribution in [0.25, 0.3) is 22.6 Å². The van der Waals surface area contributed by atoms with E-state index in [4.69, 9.17) is 5.73 Å². The van der Waals surface area contributed by atoms with E-state index >= 15 is 0 Å². The Kier molecular flexibility index (Phi) is 5.52. The third-order valence-electron chi connectivity index (χ3n) is 4.78. The number of hydrogen-bond acceptors (Lipinski definition) is 1. The predicted octanol–water partition coefficient (Wildman–Crippen LogP) is 5.22. The molecule has 0 aliphatic heterocycles. The topological polar surface area (TPSA) is 44.0 Å². The molecule has 0 fully saturated rings. The van der Waals surface area contributed by atoms with Crippen LogP contribution in [-0.4, -0.2) is 17.8 Å². The van der Waals surface area contributed by atoms with Crippen LogP contribution in [0.3, 0.4) is 0 Å². The molecule has 0 amide bonds. The Morgan fingerprint density at radius 3 is 2.76 bits per heavy atom. The maximum Gasteiger partial charge on any atom is 0.0764 e. The molecule has 0 heterocycles. The molecule has 0 saturated carbocycles. The smallest absolute Gasteiger partial charge is 0.0764 e. The van der Waals surface area contributed by atoms with E-state index in [-0.39, 0.29) is 20.4 Å². The van der Waals surface area contributed by atoms with Crippen LogP contribution in [0.15, 0.2) is 83.0 Å². The van der Waals surface area contributed by atoms with Crippen LogP contribution in [0.4, 0.5) is 0 Å². The standard InChI is InChI=1S/C22H20NO.Re/c23-11-10-17-13-18(22-14-19(24)8-9-21(17)22)12-16-6-3-5-15-4-1-2-7-20(15)16;/h1-9,12-13,19,23-24H,10-11,14H2;/q-1;/b18-12+;. The van der Waals surface area contributed by atoms with E-state index in [1.54, 1.807) is 0 Å². The quantitative estimate of drug-likeness (QED) is 0.617. The predicted molar refractivity (Wildman–Crippen MR) is 101 cm³/mol. The van der Waals surface area contributed by atoms with Crippen molar-refractivity contribution in [1.29, 1.82) is 0 Å². The Bertz CT molecular complexity index is 915. The zero-order valence-corrected chi connectivity index (χ0v) is 16.6. The molecule has 25 heavy (non-hydrogen) atoms. The summed E-state index contributed by atoms with van der Waals surface area (Å²) in [7, 11) is 0. The Hall–Kier alpha value is -1.76. The Morgan fingerprint density at radius 2 is 1.92 bits per heavy atom. The summed E-state index contributed by atoms with van der Waals surface area (Å²) < 4.78 is 0. The first-order chi connectivity index (χ1) is 11.8. The van der Waals surface area contributed by atoms with E-state index < -0.39 is 6.10 Å². The van der Waals surface area contributed by atoms with Crippen LogP contribution in [-0.2, 0) is 20.4 Å². The van der Waals surface area contributed by atoms with Crippen molar-refractivity contribution in [2.75, 3.05) is 6.54 Å². The second-order valence-electron chi connectivity index (χ2n) is 6.36. The summed E-state index contributed by atoms with van der Waals surface area (Å²) in [6, 6.07) is 14.8. The fourth-order valence-electron chi connectivity index (χ4n) is 3.64. The molecule has 2 nitrogen and oxygen atoms in total. The summed E-state index contributed by atoms with van der Waals surface area (Å²) in [5.74, 6) is 0. The first-order valence-corrected chi connectivity index (χ1v) is 8.41. The number of rotatable bonds is 3. The van der Waals surface area contributed by atoms with Crippen molar-refractivity contribution in [3.05, 3.63) is 94.3 Å². The van der Waals surface area contributed by atoms with Gasteiger partial charge >= 0.3 is 0 Å². The second kappa shape index (κ2) is 7.64. The van der Waals surface area contributed by atoms with Gasteiger partial charge in [-0.2, -0.15) is 0 Å². The van der Waals surface area contributed by atoms with Crippen LogP contribution in [0.2, 0.25) is 0 Å². The molecule has 3 heteroatoms. The first-order valence-electron chi connectivity index (χ1n) is 8.41. The van der Waals surface area contributed by atoms with E-state index in [2.05, 4.69) is 54.6 Å². The summed E-state index contributed by atoms with van der Waals surface area (Å²) in [5.41, 5.74) is 13.6. The van der Waals surface area contributed by atoms with E-state index in [0.717, 1.165) is 6.42 Å². The van der Waals surface area contributed by atoms with Gasteiger partial charge in [-0.25, -0.2) is 0 Å². The van der Waals surface area contributed by atoms with Crippen LogP contribution in [0.1, 0.15) is 18.4 Å². The average molecular weight is 501 g/mol.